The van der Waals surface area contributed by atoms with Crippen LogP contribution in [0.4, 0.5) is 0 Å². The maximum atomic E-state index is 9.54. The van der Waals surface area contributed by atoms with Crippen molar-refractivity contribution in [2.45, 2.75) is 26.9 Å². The molecule has 0 bridgehead atoms. The number of para-hydroxylation sites is 1. The number of aromatic hydroxyl groups is 1. The molecule has 0 saturated carbocycles. The predicted molar refractivity (Wildman–Crippen MR) is 116 cm³/mol. The summed E-state index contributed by atoms with van der Waals surface area (Å²) in [7, 11) is 0. The van der Waals surface area contributed by atoms with Crippen LogP contribution in [0.15, 0.2) is 57.9 Å². The van der Waals surface area contributed by atoms with Crippen LogP contribution in [0.25, 0.3) is 11.0 Å². The topological polar surface area (TPSA) is 69.8 Å². The minimum absolute atomic E-state index is 0. The highest BCUT2D eigenvalue weighted by molar-refractivity contribution is 14.0. The first-order valence-electron chi connectivity index (χ1n) is 8.44. The molecule has 2 aromatic carbocycles. The van der Waals surface area contributed by atoms with Gasteiger partial charge in [-0.15, -0.1) is 24.0 Å². The smallest absolute Gasteiger partial charge is 0.191 e. The lowest BCUT2D eigenvalue weighted by Gasteiger charge is -2.10. The highest BCUT2D eigenvalue weighted by Crippen LogP contribution is 2.24. The number of aliphatic imine (C=N–C) groups is 1. The van der Waals surface area contributed by atoms with E-state index in [1.54, 1.807) is 12.1 Å². The Labute approximate surface area is 170 Å². The molecule has 0 radical (unpaired) electrons. The molecule has 0 aliphatic carbocycles. The number of halogens is 1. The Morgan fingerprint density at radius 1 is 1.12 bits per heavy atom. The molecule has 5 nitrogen and oxygen atoms in total. The molecular weight excluding hydrogens is 441 g/mol. The van der Waals surface area contributed by atoms with Gasteiger partial charge in [-0.05, 0) is 37.6 Å². The van der Waals surface area contributed by atoms with Crippen LogP contribution in [0.1, 0.15) is 23.8 Å². The molecule has 0 aliphatic rings. The molecule has 0 spiro atoms. The van der Waals surface area contributed by atoms with E-state index in [-0.39, 0.29) is 29.7 Å². The standard InChI is InChI=1S/C20H23N3O2.HI/c1-3-21-20(22-12-15-7-6-8-16(24)11-15)23-13-19-14(2)17-9-4-5-10-18(17)25-19;/h4-11,24H,3,12-13H2,1-2H3,(H2,21,22,23);1H. The van der Waals surface area contributed by atoms with Gasteiger partial charge < -0.3 is 20.2 Å². The number of hydrogen-bond donors (Lipinski definition) is 3. The van der Waals surface area contributed by atoms with Crippen molar-refractivity contribution in [1.29, 1.82) is 0 Å². The lowest BCUT2D eigenvalue weighted by atomic mass is 10.1. The van der Waals surface area contributed by atoms with Gasteiger partial charge in [-0.2, -0.15) is 0 Å². The van der Waals surface area contributed by atoms with Gasteiger partial charge in [0.05, 0.1) is 13.1 Å². The van der Waals surface area contributed by atoms with Crippen molar-refractivity contribution < 1.29 is 9.52 Å². The number of aryl methyl sites for hydroxylation is 1. The summed E-state index contributed by atoms with van der Waals surface area (Å²) in [5, 5.41) is 17.2. The van der Waals surface area contributed by atoms with E-state index in [9.17, 15) is 5.11 Å². The van der Waals surface area contributed by atoms with E-state index in [1.165, 1.54) is 0 Å². The molecule has 3 N–H and O–H groups in total. The Kier molecular flexibility index (Phi) is 7.32. The zero-order chi connectivity index (χ0) is 17.6. The van der Waals surface area contributed by atoms with Crippen LogP contribution >= 0.6 is 24.0 Å². The van der Waals surface area contributed by atoms with Gasteiger partial charge in [-0.3, -0.25) is 0 Å². The average molecular weight is 465 g/mol. The van der Waals surface area contributed by atoms with E-state index >= 15 is 0 Å². The van der Waals surface area contributed by atoms with Gasteiger partial charge in [0.2, 0.25) is 0 Å². The van der Waals surface area contributed by atoms with E-state index in [0.717, 1.165) is 34.4 Å². The molecule has 3 rings (SSSR count). The molecule has 0 unspecified atom stereocenters. The maximum absolute atomic E-state index is 9.54. The summed E-state index contributed by atoms with van der Waals surface area (Å²) in [6.45, 7) is 5.91. The lowest BCUT2D eigenvalue weighted by Crippen LogP contribution is -2.36. The molecule has 3 aromatic rings. The van der Waals surface area contributed by atoms with Gasteiger partial charge in [0.15, 0.2) is 5.96 Å². The van der Waals surface area contributed by atoms with E-state index in [4.69, 9.17) is 4.42 Å². The molecule has 0 saturated heterocycles. The Balaban J connectivity index is 0.00000243. The third kappa shape index (κ3) is 4.91. The third-order valence-electron chi connectivity index (χ3n) is 4.03. The fraction of sp³-hybridized carbons (Fsp3) is 0.250. The minimum atomic E-state index is 0. The van der Waals surface area contributed by atoms with Crippen LogP contribution in [0.3, 0.4) is 0 Å². The largest absolute Gasteiger partial charge is 0.508 e. The van der Waals surface area contributed by atoms with Crippen molar-refractivity contribution in [1.82, 2.24) is 10.6 Å². The number of furan rings is 1. The van der Waals surface area contributed by atoms with Crippen molar-refractivity contribution in [3.05, 3.63) is 65.4 Å². The molecule has 0 atom stereocenters. The lowest BCUT2D eigenvalue weighted by molar-refractivity contribution is 0.474. The number of nitrogens with zero attached hydrogens (tertiary/aromatic N) is 1. The monoisotopic (exact) mass is 465 g/mol. The number of guanidine groups is 1. The fourth-order valence-electron chi connectivity index (χ4n) is 2.72. The number of benzene rings is 2. The molecule has 26 heavy (non-hydrogen) atoms. The first-order valence-corrected chi connectivity index (χ1v) is 8.44. The average Bonchev–Trinajstić information content (AvgIpc) is 2.94. The van der Waals surface area contributed by atoms with Crippen molar-refractivity contribution >= 4 is 40.9 Å². The number of phenolic OH excluding ortho intramolecular Hbond substituents is 1. The van der Waals surface area contributed by atoms with Crippen molar-refractivity contribution in [2.24, 2.45) is 4.99 Å². The van der Waals surface area contributed by atoms with Crippen LogP contribution in [0.5, 0.6) is 5.75 Å². The van der Waals surface area contributed by atoms with Gasteiger partial charge in [0, 0.05) is 17.5 Å². The Morgan fingerprint density at radius 2 is 1.92 bits per heavy atom. The number of fused-ring (bicyclic) bond motifs is 1. The SMILES string of the molecule is CCNC(=NCc1cccc(O)c1)NCc1oc2ccccc2c1C.I. The molecule has 0 fully saturated rings. The van der Waals surface area contributed by atoms with Crippen LogP contribution in [-0.2, 0) is 13.1 Å². The number of rotatable bonds is 5. The Bertz CT molecular complexity index is 890. The summed E-state index contributed by atoms with van der Waals surface area (Å²) < 4.78 is 5.93. The summed E-state index contributed by atoms with van der Waals surface area (Å²) in [5.74, 6) is 1.87. The number of phenols is 1. The molecule has 0 aliphatic heterocycles. The van der Waals surface area contributed by atoms with Gasteiger partial charge in [0.1, 0.15) is 17.1 Å². The molecule has 0 amide bonds. The van der Waals surface area contributed by atoms with Crippen molar-refractivity contribution in [3.63, 3.8) is 0 Å². The fourth-order valence-corrected chi connectivity index (χ4v) is 2.72. The number of nitrogens with one attached hydrogen (secondary N) is 2. The van der Waals surface area contributed by atoms with Crippen molar-refractivity contribution in [3.8, 4) is 5.75 Å². The Hall–Kier alpha value is -2.22. The number of hydrogen-bond acceptors (Lipinski definition) is 3. The molecule has 6 heteroatoms. The predicted octanol–water partition coefficient (Wildman–Crippen LogP) is 4.32. The summed E-state index contributed by atoms with van der Waals surface area (Å²) in [5.41, 5.74) is 3.00. The molecular formula is C20H24IN3O2. The Morgan fingerprint density at radius 3 is 2.65 bits per heavy atom. The highest BCUT2D eigenvalue weighted by atomic mass is 127. The maximum Gasteiger partial charge on any atom is 0.191 e. The zero-order valence-electron chi connectivity index (χ0n) is 15.0. The van der Waals surface area contributed by atoms with Crippen LogP contribution in [0, 0.1) is 6.92 Å². The van der Waals surface area contributed by atoms with E-state index in [2.05, 4.69) is 28.6 Å². The molecule has 1 heterocycles. The summed E-state index contributed by atoms with van der Waals surface area (Å²) in [4.78, 5) is 4.57. The third-order valence-corrected chi connectivity index (χ3v) is 4.03. The van der Waals surface area contributed by atoms with Gasteiger partial charge in [-0.1, -0.05) is 30.3 Å². The zero-order valence-corrected chi connectivity index (χ0v) is 17.3. The van der Waals surface area contributed by atoms with Crippen LogP contribution in [-0.4, -0.2) is 17.6 Å². The summed E-state index contributed by atoms with van der Waals surface area (Å²) in [6, 6.07) is 15.2. The molecule has 138 valence electrons. The van der Waals surface area contributed by atoms with E-state index < -0.39 is 0 Å². The first kappa shape index (κ1) is 20.1. The second-order valence-corrected chi connectivity index (χ2v) is 5.87. The normalized spacial score (nSPS) is 11.2. The van der Waals surface area contributed by atoms with E-state index in [0.29, 0.717) is 19.0 Å². The van der Waals surface area contributed by atoms with Crippen LogP contribution < -0.4 is 10.6 Å². The highest BCUT2D eigenvalue weighted by Gasteiger charge is 2.10. The van der Waals surface area contributed by atoms with Crippen molar-refractivity contribution in [2.75, 3.05) is 6.54 Å². The first-order chi connectivity index (χ1) is 12.2. The summed E-state index contributed by atoms with van der Waals surface area (Å²) in [6.07, 6.45) is 0. The van der Waals surface area contributed by atoms with Gasteiger partial charge in [0.25, 0.3) is 0 Å². The quantitative estimate of drug-likeness (QED) is 0.298. The second-order valence-electron chi connectivity index (χ2n) is 5.87. The van der Waals surface area contributed by atoms with E-state index in [1.807, 2.05) is 37.3 Å². The van der Waals surface area contributed by atoms with Crippen LogP contribution in [0.2, 0.25) is 0 Å². The van der Waals surface area contributed by atoms with Gasteiger partial charge >= 0.3 is 0 Å². The second kappa shape index (κ2) is 9.47. The molecule has 1 aromatic heterocycles. The van der Waals surface area contributed by atoms with Gasteiger partial charge in [-0.25, -0.2) is 4.99 Å². The minimum Gasteiger partial charge on any atom is -0.508 e. The summed E-state index contributed by atoms with van der Waals surface area (Å²) >= 11 is 0.